The van der Waals surface area contributed by atoms with Crippen LogP contribution in [-0.4, -0.2) is 5.91 Å². The van der Waals surface area contributed by atoms with Gasteiger partial charge in [0.1, 0.15) is 0 Å². The monoisotopic (exact) mass is 310 g/mol. The quantitative estimate of drug-likeness (QED) is 0.832. The zero-order valence-corrected chi connectivity index (χ0v) is 11.6. The lowest BCUT2D eigenvalue weighted by Crippen LogP contribution is -2.12. The van der Waals surface area contributed by atoms with Crippen LogP contribution in [0.1, 0.15) is 15.2 Å². The average Bonchev–Trinajstić information content (AvgIpc) is 2.68. The van der Waals surface area contributed by atoms with E-state index in [-0.39, 0.29) is 5.91 Å². The molecule has 88 valence electrons. The van der Waals surface area contributed by atoms with Crippen molar-refractivity contribution in [3.63, 3.8) is 0 Å². The Morgan fingerprint density at radius 3 is 2.76 bits per heavy atom. The van der Waals surface area contributed by atoms with Crippen LogP contribution in [0.3, 0.4) is 0 Å². The summed E-state index contributed by atoms with van der Waals surface area (Å²) in [5, 5.41) is 4.70. The molecule has 0 fully saturated rings. The second-order valence-corrected chi connectivity index (χ2v) is 5.45. The number of carbonyl (C=O) groups is 1. The van der Waals surface area contributed by atoms with Crippen molar-refractivity contribution in [1.82, 2.24) is 0 Å². The van der Waals surface area contributed by atoms with Gasteiger partial charge in [-0.15, -0.1) is 11.3 Å². The van der Waals surface area contributed by atoms with Crippen LogP contribution in [-0.2, 0) is 0 Å². The molecular weight excluding hydrogens is 300 g/mol. The van der Waals surface area contributed by atoms with Gasteiger partial charge in [0.2, 0.25) is 0 Å². The smallest absolute Gasteiger partial charge is 0.266 e. The molecule has 1 aromatic heterocycles. The summed E-state index contributed by atoms with van der Waals surface area (Å²) in [6, 6.07) is 7.30. The van der Waals surface area contributed by atoms with Crippen LogP contribution < -0.4 is 11.1 Å². The SMILES string of the molecule is Cc1ccsc1C(=O)Nc1ccc(Br)cc1N. The third kappa shape index (κ3) is 2.68. The van der Waals surface area contributed by atoms with Crippen molar-refractivity contribution < 1.29 is 4.79 Å². The van der Waals surface area contributed by atoms with Crippen LogP contribution in [0, 0.1) is 6.92 Å². The first-order valence-corrected chi connectivity index (χ1v) is 6.65. The maximum atomic E-state index is 12.0. The molecule has 0 aliphatic heterocycles. The van der Waals surface area contributed by atoms with Gasteiger partial charge in [-0.05, 0) is 42.1 Å². The van der Waals surface area contributed by atoms with E-state index in [9.17, 15) is 4.79 Å². The minimum atomic E-state index is -0.119. The van der Waals surface area contributed by atoms with E-state index < -0.39 is 0 Å². The molecule has 0 spiro atoms. The summed E-state index contributed by atoms with van der Waals surface area (Å²) >= 11 is 4.75. The fraction of sp³-hybridized carbons (Fsp3) is 0.0833. The highest BCUT2D eigenvalue weighted by atomic mass is 79.9. The highest BCUT2D eigenvalue weighted by Gasteiger charge is 2.11. The normalized spacial score (nSPS) is 10.2. The van der Waals surface area contributed by atoms with E-state index in [4.69, 9.17) is 5.73 Å². The molecule has 0 aliphatic carbocycles. The summed E-state index contributed by atoms with van der Waals surface area (Å²) in [4.78, 5) is 12.7. The third-order valence-electron chi connectivity index (χ3n) is 2.33. The molecule has 0 radical (unpaired) electrons. The van der Waals surface area contributed by atoms with Gasteiger partial charge in [0.15, 0.2) is 0 Å². The van der Waals surface area contributed by atoms with Gasteiger partial charge in [-0.1, -0.05) is 15.9 Å². The summed E-state index contributed by atoms with van der Waals surface area (Å²) in [6.45, 7) is 1.91. The number of carbonyl (C=O) groups excluding carboxylic acids is 1. The van der Waals surface area contributed by atoms with Crippen molar-refractivity contribution in [2.24, 2.45) is 0 Å². The van der Waals surface area contributed by atoms with E-state index in [1.807, 2.05) is 24.4 Å². The molecule has 0 unspecified atom stereocenters. The number of rotatable bonds is 2. The Kier molecular flexibility index (Phi) is 3.49. The lowest BCUT2D eigenvalue weighted by Gasteiger charge is -2.07. The summed E-state index contributed by atoms with van der Waals surface area (Å²) in [5.41, 5.74) is 7.97. The predicted molar refractivity (Wildman–Crippen MR) is 75.6 cm³/mol. The molecule has 5 heteroatoms. The Balaban J connectivity index is 2.22. The number of nitrogens with one attached hydrogen (secondary N) is 1. The maximum Gasteiger partial charge on any atom is 0.266 e. The number of benzene rings is 1. The van der Waals surface area contributed by atoms with Gasteiger partial charge in [-0.3, -0.25) is 4.79 Å². The van der Waals surface area contributed by atoms with Gasteiger partial charge in [0, 0.05) is 4.47 Å². The molecule has 0 bridgehead atoms. The number of anilines is 2. The van der Waals surface area contributed by atoms with Gasteiger partial charge < -0.3 is 11.1 Å². The number of aryl methyl sites for hydroxylation is 1. The van der Waals surface area contributed by atoms with Gasteiger partial charge >= 0.3 is 0 Å². The minimum absolute atomic E-state index is 0.119. The molecule has 2 rings (SSSR count). The van der Waals surface area contributed by atoms with E-state index in [0.717, 1.165) is 10.0 Å². The summed E-state index contributed by atoms with van der Waals surface area (Å²) in [5.74, 6) is -0.119. The highest BCUT2D eigenvalue weighted by Crippen LogP contribution is 2.24. The molecule has 3 N–H and O–H groups in total. The molecule has 3 nitrogen and oxygen atoms in total. The number of hydrogen-bond acceptors (Lipinski definition) is 3. The average molecular weight is 311 g/mol. The standard InChI is InChI=1S/C12H11BrN2OS/c1-7-4-5-17-11(7)12(16)15-10-3-2-8(13)6-9(10)14/h2-6H,14H2,1H3,(H,15,16). The number of nitrogens with two attached hydrogens (primary N) is 1. The second-order valence-electron chi connectivity index (χ2n) is 3.62. The van der Waals surface area contributed by atoms with Crippen LogP contribution >= 0.6 is 27.3 Å². The van der Waals surface area contributed by atoms with Gasteiger partial charge in [0.05, 0.1) is 16.3 Å². The van der Waals surface area contributed by atoms with Crippen molar-refractivity contribution in [2.75, 3.05) is 11.1 Å². The zero-order chi connectivity index (χ0) is 12.4. The van der Waals surface area contributed by atoms with Crippen molar-refractivity contribution in [1.29, 1.82) is 0 Å². The lowest BCUT2D eigenvalue weighted by atomic mass is 10.2. The van der Waals surface area contributed by atoms with Crippen LogP contribution in [0.2, 0.25) is 0 Å². The second kappa shape index (κ2) is 4.89. The number of amides is 1. The number of nitrogen functional groups attached to an aromatic ring is 1. The van der Waals surface area contributed by atoms with Crippen LogP contribution in [0.25, 0.3) is 0 Å². The van der Waals surface area contributed by atoms with Crippen molar-refractivity contribution in [3.8, 4) is 0 Å². The van der Waals surface area contributed by atoms with Crippen molar-refractivity contribution in [3.05, 3.63) is 44.6 Å². The van der Waals surface area contributed by atoms with Gasteiger partial charge in [-0.2, -0.15) is 0 Å². The molecule has 0 saturated carbocycles. The number of thiophene rings is 1. The van der Waals surface area contributed by atoms with E-state index >= 15 is 0 Å². The van der Waals surface area contributed by atoms with Gasteiger partial charge in [0.25, 0.3) is 5.91 Å². The molecule has 0 aliphatic rings. The largest absolute Gasteiger partial charge is 0.397 e. The Bertz CT molecular complexity index is 565. The van der Waals surface area contributed by atoms with E-state index in [0.29, 0.717) is 16.3 Å². The number of halogens is 1. The fourth-order valence-electron chi connectivity index (χ4n) is 1.43. The van der Waals surface area contributed by atoms with Crippen molar-refractivity contribution >= 4 is 44.5 Å². The Labute approximate surface area is 112 Å². The van der Waals surface area contributed by atoms with Gasteiger partial charge in [-0.25, -0.2) is 0 Å². The van der Waals surface area contributed by atoms with E-state index in [2.05, 4.69) is 21.2 Å². The Hall–Kier alpha value is -1.33. The fourth-order valence-corrected chi connectivity index (χ4v) is 2.63. The summed E-state index contributed by atoms with van der Waals surface area (Å²) < 4.78 is 0.889. The first kappa shape index (κ1) is 12.1. The Morgan fingerprint density at radius 1 is 1.41 bits per heavy atom. The Morgan fingerprint density at radius 2 is 2.18 bits per heavy atom. The highest BCUT2D eigenvalue weighted by molar-refractivity contribution is 9.10. The maximum absolute atomic E-state index is 12.0. The molecule has 0 saturated heterocycles. The third-order valence-corrected chi connectivity index (χ3v) is 3.84. The van der Waals surface area contributed by atoms with E-state index in [1.165, 1.54) is 11.3 Å². The predicted octanol–water partition coefficient (Wildman–Crippen LogP) is 3.65. The molecule has 0 atom stereocenters. The summed E-state index contributed by atoms with van der Waals surface area (Å²) in [6.07, 6.45) is 0. The molecule has 1 heterocycles. The first-order chi connectivity index (χ1) is 8.08. The lowest BCUT2D eigenvalue weighted by molar-refractivity contribution is 0.103. The van der Waals surface area contributed by atoms with E-state index in [1.54, 1.807) is 12.1 Å². The summed E-state index contributed by atoms with van der Waals surface area (Å²) in [7, 11) is 0. The minimum Gasteiger partial charge on any atom is -0.397 e. The van der Waals surface area contributed by atoms with Crippen molar-refractivity contribution in [2.45, 2.75) is 6.92 Å². The first-order valence-electron chi connectivity index (χ1n) is 4.98. The topological polar surface area (TPSA) is 55.1 Å². The zero-order valence-electron chi connectivity index (χ0n) is 9.16. The van der Waals surface area contributed by atoms with Crippen LogP contribution in [0.15, 0.2) is 34.1 Å². The molecule has 1 amide bonds. The van der Waals surface area contributed by atoms with Crippen LogP contribution in [0.5, 0.6) is 0 Å². The molecule has 1 aromatic carbocycles. The molecule has 17 heavy (non-hydrogen) atoms. The van der Waals surface area contributed by atoms with Crippen LogP contribution in [0.4, 0.5) is 11.4 Å². The molecule has 2 aromatic rings. The molecular formula is C12H11BrN2OS. The number of hydrogen-bond donors (Lipinski definition) is 2.